The van der Waals surface area contributed by atoms with E-state index in [9.17, 15) is 4.79 Å². The molecule has 1 saturated heterocycles. The molecule has 1 unspecified atom stereocenters. The highest BCUT2D eigenvalue weighted by Crippen LogP contribution is 2.25. The Bertz CT molecular complexity index is 664. The van der Waals surface area contributed by atoms with Crippen LogP contribution in [0.1, 0.15) is 47.5 Å². The topological polar surface area (TPSA) is 78.3 Å². The number of nitrogens with one attached hydrogen (secondary N) is 1. The number of aromatic amines is 1. The largest absolute Gasteiger partial charge is 0.360 e. The number of amides is 1. The van der Waals surface area contributed by atoms with Crippen molar-refractivity contribution in [3.63, 3.8) is 0 Å². The standard InChI is InChI=1S/C16H23N5O2/c1-4-13-14(11(3)19-23-13)16(22)21-9-8-20(5-2)12(10-21)15-17-6-7-18-15/h6-7,12H,4-5,8-10H2,1-3H3,(H,17,18). The molecule has 1 fully saturated rings. The summed E-state index contributed by atoms with van der Waals surface area (Å²) in [6, 6.07) is 0.0953. The average Bonchev–Trinajstić information content (AvgIpc) is 3.23. The van der Waals surface area contributed by atoms with Crippen LogP contribution in [-0.2, 0) is 6.42 Å². The van der Waals surface area contributed by atoms with E-state index in [1.165, 1.54) is 0 Å². The van der Waals surface area contributed by atoms with Gasteiger partial charge in [0.25, 0.3) is 5.91 Å². The van der Waals surface area contributed by atoms with E-state index in [2.05, 4.69) is 26.9 Å². The summed E-state index contributed by atoms with van der Waals surface area (Å²) < 4.78 is 5.27. The molecule has 0 bridgehead atoms. The minimum atomic E-state index is 0.00732. The average molecular weight is 317 g/mol. The summed E-state index contributed by atoms with van der Waals surface area (Å²) in [7, 11) is 0. The Kier molecular flexibility index (Phi) is 4.47. The smallest absolute Gasteiger partial charge is 0.259 e. The van der Waals surface area contributed by atoms with E-state index in [1.54, 1.807) is 6.20 Å². The number of H-pyrrole nitrogens is 1. The van der Waals surface area contributed by atoms with Crippen LogP contribution >= 0.6 is 0 Å². The van der Waals surface area contributed by atoms with Gasteiger partial charge in [0, 0.05) is 38.4 Å². The van der Waals surface area contributed by atoms with Crippen molar-refractivity contribution in [1.29, 1.82) is 0 Å². The third-order valence-electron chi connectivity index (χ3n) is 4.49. The highest BCUT2D eigenvalue weighted by atomic mass is 16.5. The molecule has 0 aliphatic carbocycles. The molecule has 2 aromatic heterocycles. The van der Waals surface area contributed by atoms with Crippen LogP contribution < -0.4 is 0 Å². The highest BCUT2D eigenvalue weighted by Gasteiger charge is 2.33. The molecular weight excluding hydrogens is 294 g/mol. The summed E-state index contributed by atoms with van der Waals surface area (Å²) in [5, 5.41) is 3.95. The van der Waals surface area contributed by atoms with Crippen LogP contribution in [0, 0.1) is 6.92 Å². The molecule has 1 aliphatic rings. The molecule has 2 aromatic rings. The molecule has 3 rings (SSSR count). The van der Waals surface area contributed by atoms with E-state index in [-0.39, 0.29) is 11.9 Å². The van der Waals surface area contributed by atoms with Crippen molar-refractivity contribution in [3.05, 3.63) is 35.2 Å². The third-order valence-corrected chi connectivity index (χ3v) is 4.49. The van der Waals surface area contributed by atoms with E-state index in [0.717, 1.165) is 18.9 Å². The zero-order chi connectivity index (χ0) is 16.4. The Morgan fingerprint density at radius 2 is 2.26 bits per heavy atom. The van der Waals surface area contributed by atoms with Gasteiger partial charge in [-0.15, -0.1) is 0 Å². The van der Waals surface area contributed by atoms with Crippen molar-refractivity contribution in [2.75, 3.05) is 26.2 Å². The van der Waals surface area contributed by atoms with Crippen LogP contribution in [0.15, 0.2) is 16.9 Å². The maximum absolute atomic E-state index is 12.9. The molecule has 3 heterocycles. The number of piperazine rings is 1. The number of hydrogen-bond acceptors (Lipinski definition) is 5. The van der Waals surface area contributed by atoms with Gasteiger partial charge in [-0.2, -0.15) is 0 Å². The maximum atomic E-state index is 12.9. The minimum absolute atomic E-state index is 0.00732. The molecule has 1 atom stereocenters. The summed E-state index contributed by atoms with van der Waals surface area (Å²) in [5.41, 5.74) is 1.29. The van der Waals surface area contributed by atoms with Crippen molar-refractivity contribution in [1.82, 2.24) is 24.9 Å². The van der Waals surface area contributed by atoms with E-state index >= 15 is 0 Å². The Hall–Kier alpha value is -2.15. The van der Waals surface area contributed by atoms with Crippen LogP contribution in [-0.4, -0.2) is 57.0 Å². The fourth-order valence-electron chi connectivity index (χ4n) is 3.19. The number of aromatic nitrogens is 3. The van der Waals surface area contributed by atoms with Gasteiger partial charge in [0.05, 0.1) is 11.7 Å². The number of carbonyl (C=O) groups is 1. The van der Waals surface area contributed by atoms with Gasteiger partial charge in [-0.25, -0.2) is 4.98 Å². The SMILES string of the molecule is CCc1onc(C)c1C(=O)N1CCN(CC)C(c2ncc[nH]2)C1. The van der Waals surface area contributed by atoms with Crippen molar-refractivity contribution in [2.45, 2.75) is 33.2 Å². The minimum Gasteiger partial charge on any atom is -0.360 e. The second-order valence-electron chi connectivity index (χ2n) is 5.79. The Morgan fingerprint density at radius 1 is 1.43 bits per heavy atom. The lowest BCUT2D eigenvalue weighted by atomic mass is 10.1. The van der Waals surface area contributed by atoms with Gasteiger partial charge in [0.1, 0.15) is 17.1 Å². The Morgan fingerprint density at radius 3 is 2.91 bits per heavy atom. The molecule has 0 radical (unpaired) electrons. The maximum Gasteiger partial charge on any atom is 0.259 e. The Labute approximate surface area is 135 Å². The first-order valence-corrected chi connectivity index (χ1v) is 8.13. The van der Waals surface area contributed by atoms with Crippen LogP contribution in [0.25, 0.3) is 0 Å². The number of nitrogens with zero attached hydrogens (tertiary/aromatic N) is 4. The summed E-state index contributed by atoms with van der Waals surface area (Å²) in [5.74, 6) is 1.58. The zero-order valence-corrected chi connectivity index (χ0v) is 13.9. The first-order chi connectivity index (χ1) is 11.2. The number of carbonyl (C=O) groups excluding carboxylic acids is 1. The van der Waals surface area contributed by atoms with Crippen LogP contribution in [0.4, 0.5) is 0 Å². The molecule has 1 amide bonds. The molecule has 124 valence electrons. The fraction of sp³-hybridized carbons (Fsp3) is 0.562. The molecule has 1 N–H and O–H groups in total. The molecule has 0 aromatic carbocycles. The first kappa shape index (κ1) is 15.7. The third kappa shape index (κ3) is 2.88. The van der Waals surface area contributed by atoms with Crippen LogP contribution in [0.5, 0.6) is 0 Å². The second kappa shape index (κ2) is 6.54. The van der Waals surface area contributed by atoms with Gasteiger partial charge in [-0.05, 0) is 13.5 Å². The lowest BCUT2D eigenvalue weighted by Crippen LogP contribution is -2.50. The molecule has 0 spiro atoms. The monoisotopic (exact) mass is 317 g/mol. The Balaban J connectivity index is 1.83. The van der Waals surface area contributed by atoms with Gasteiger partial charge in [-0.3, -0.25) is 9.69 Å². The number of imidazole rings is 1. The number of hydrogen-bond donors (Lipinski definition) is 1. The predicted octanol–water partition coefficient (Wildman–Crippen LogP) is 1.79. The van der Waals surface area contributed by atoms with Gasteiger partial charge >= 0.3 is 0 Å². The summed E-state index contributed by atoms with van der Waals surface area (Å²) in [4.78, 5) is 24.7. The van der Waals surface area contributed by atoms with E-state index in [1.807, 2.05) is 24.9 Å². The van der Waals surface area contributed by atoms with Crippen molar-refractivity contribution in [2.24, 2.45) is 0 Å². The van der Waals surface area contributed by atoms with Crippen LogP contribution in [0.3, 0.4) is 0 Å². The van der Waals surface area contributed by atoms with Crippen molar-refractivity contribution < 1.29 is 9.32 Å². The number of aryl methyl sites for hydroxylation is 2. The van der Waals surface area contributed by atoms with E-state index < -0.39 is 0 Å². The highest BCUT2D eigenvalue weighted by molar-refractivity contribution is 5.96. The summed E-state index contributed by atoms with van der Waals surface area (Å²) in [6.45, 7) is 9.01. The first-order valence-electron chi connectivity index (χ1n) is 8.13. The summed E-state index contributed by atoms with van der Waals surface area (Å²) in [6.07, 6.45) is 4.24. The van der Waals surface area contributed by atoms with Crippen molar-refractivity contribution in [3.8, 4) is 0 Å². The van der Waals surface area contributed by atoms with Gasteiger partial charge in [0.15, 0.2) is 0 Å². The predicted molar refractivity (Wildman–Crippen MR) is 85.1 cm³/mol. The molecule has 7 heteroatoms. The van der Waals surface area contributed by atoms with Gasteiger partial charge in [-0.1, -0.05) is 19.0 Å². The zero-order valence-electron chi connectivity index (χ0n) is 13.9. The lowest BCUT2D eigenvalue weighted by molar-refractivity contribution is 0.0477. The van der Waals surface area contributed by atoms with E-state index in [0.29, 0.717) is 36.5 Å². The number of rotatable bonds is 4. The van der Waals surface area contributed by atoms with Gasteiger partial charge in [0.2, 0.25) is 0 Å². The quantitative estimate of drug-likeness (QED) is 0.930. The van der Waals surface area contributed by atoms with Crippen LogP contribution in [0.2, 0.25) is 0 Å². The molecule has 7 nitrogen and oxygen atoms in total. The van der Waals surface area contributed by atoms with E-state index in [4.69, 9.17) is 4.52 Å². The second-order valence-corrected chi connectivity index (χ2v) is 5.79. The molecular formula is C16H23N5O2. The molecule has 0 saturated carbocycles. The summed E-state index contributed by atoms with van der Waals surface area (Å²) >= 11 is 0. The van der Waals surface area contributed by atoms with Gasteiger partial charge < -0.3 is 14.4 Å². The lowest BCUT2D eigenvalue weighted by Gasteiger charge is -2.40. The fourth-order valence-corrected chi connectivity index (χ4v) is 3.19. The van der Waals surface area contributed by atoms with Crippen molar-refractivity contribution >= 4 is 5.91 Å². The number of likely N-dealkylation sites (N-methyl/N-ethyl adjacent to an activating group) is 1. The molecule has 1 aliphatic heterocycles. The normalized spacial score (nSPS) is 19.3. The molecule has 23 heavy (non-hydrogen) atoms.